The Bertz CT molecular complexity index is 526. The molecule has 26 heavy (non-hydrogen) atoms. The van der Waals surface area contributed by atoms with Gasteiger partial charge in [0, 0.05) is 0 Å². The molecule has 1 aromatic rings. The highest BCUT2D eigenvalue weighted by molar-refractivity contribution is 5.82. The second-order valence-corrected chi connectivity index (χ2v) is 6.78. The molecule has 0 amide bonds. The lowest BCUT2D eigenvalue weighted by Crippen LogP contribution is -2.35. The second-order valence-electron chi connectivity index (χ2n) is 6.78. The molecular formula is C22H34O4. The van der Waals surface area contributed by atoms with Crippen molar-refractivity contribution in [1.29, 1.82) is 0 Å². The molecule has 0 fully saturated rings. The first kappa shape index (κ1) is 22.2. The zero-order valence-electron chi connectivity index (χ0n) is 16.7. The number of hydrogen-bond donors (Lipinski definition) is 0. The van der Waals surface area contributed by atoms with Gasteiger partial charge in [0.05, 0.1) is 25.0 Å². The van der Waals surface area contributed by atoms with Gasteiger partial charge in [0.25, 0.3) is 0 Å². The Balaban J connectivity index is 2.99. The molecule has 0 bridgehead atoms. The first-order valence-corrected chi connectivity index (χ1v) is 9.94. The van der Waals surface area contributed by atoms with E-state index in [9.17, 15) is 9.59 Å². The van der Waals surface area contributed by atoms with Crippen LogP contribution in [0.2, 0.25) is 0 Å². The predicted octanol–water partition coefficient (Wildman–Crippen LogP) is 5.12. The molecule has 0 heterocycles. The first-order valence-electron chi connectivity index (χ1n) is 9.94. The molecule has 3 atom stereocenters. The Morgan fingerprint density at radius 2 is 1.42 bits per heavy atom. The van der Waals surface area contributed by atoms with E-state index in [1.54, 1.807) is 6.92 Å². The van der Waals surface area contributed by atoms with E-state index in [1.807, 2.05) is 44.2 Å². The lowest BCUT2D eigenvalue weighted by atomic mass is 9.77. The number of hydrogen-bond acceptors (Lipinski definition) is 4. The molecule has 146 valence electrons. The Hall–Kier alpha value is -1.84. The highest BCUT2D eigenvalue weighted by Gasteiger charge is 2.38. The minimum absolute atomic E-state index is 0.0703. The van der Waals surface area contributed by atoms with Crippen LogP contribution >= 0.6 is 0 Å². The third-order valence-corrected chi connectivity index (χ3v) is 4.77. The van der Waals surface area contributed by atoms with Gasteiger partial charge in [-0.05, 0) is 30.7 Å². The van der Waals surface area contributed by atoms with E-state index < -0.39 is 11.8 Å². The summed E-state index contributed by atoms with van der Waals surface area (Å²) in [7, 11) is 0. The summed E-state index contributed by atoms with van der Waals surface area (Å²) in [5.41, 5.74) is 1.06. The molecule has 0 aliphatic rings. The predicted molar refractivity (Wildman–Crippen MR) is 104 cm³/mol. The third kappa shape index (κ3) is 6.81. The Kier molecular flexibility index (Phi) is 10.7. The maximum atomic E-state index is 12.8. The third-order valence-electron chi connectivity index (χ3n) is 4.77. The van der Waals surface area contributed by atoms with Crippen LogP contribution in [-0.2, 0) is 19.1 Å². The van der Waals surface area contributed by atoms with Gasteiger partial charge in [-0.2, -0.15) is 0 Å². The summed E-state index contributed by atoms with van der Waals surface area (Å²) in [6.07, 6.45) is 4.34. The molecule has 0 N–H and O–H groups in total. The fourth-order valence-corrected chi connectivity index (χ4v) is 3.12. The number of carbonyl (C=O) groups excluding carboxylic acids is 2. The Morgan fingerprint density at radius 3 is 1.92 bits per heavy atom. The van der Waals surface area contributed by atoms with Gasteiger partial charge in [0.1, 0.15) is 0 Å². The van der Waals surface area contributed by atoms with Gasteiger partial charge < -0.3 is 9.47 Å². The number of benzene rings is 1. The topological polar surface area (TPSA) is 52.6 Å². The number of ether oxygens (including phenoxy) is 2. The zero-order valence-corrected chi connectivity index (χ0v) is 16.7. The molecule has 0 spiro atoms. The van der Waals surface area contributed by atoms with Gasteiger partial charge in [-0.1, -0.05) is 70.9 Å². The standard InChI is InChI=1S/C22H34O4/c1-5-8-15-25-21(23)17(4)20(22(24)26-16-9-6-2)19(7-3)18-13-11-10-12-14-18/h10-14,17,19-20H,5-9,15-16H2,1-4H3. The summed E-state index contributed by atoms with van der Waals surface area (Å²) >= 11 is 0. The van der Waals surface area contributed by atoms with Crippen molar-refractivity contribution < 1.29 is 19.1 Å². The summed E-state index contributed by atoms with van der Waals surface area (Å²) in [5, 5.41) is 0. The average Bonchev–Trinajstić information content (AvgIpc) is 2.66. The lowest BCUT2D eigenvalue weighted by Gasteiger charge is -2.29. The summed E-state index contributed by atoms with van der Waals surface area (Å²) < 4.78 is 10.9. The summed E-state index contributed by atoms with van der Waals surface area (Å²) in [6.45, 7) is 8.73. The van der Waals surface area contributed by atoms with Crippen LogP contribution in [-0.4, -0.2) is 25.2 Å². The Morgan fingerprint density at radius 1 is 0.885 bits per heavy atom. The van der Waals surface area contributed by atoms with Crippen molar-refractivity contribution in [2.24, 2.45) is 11.8 Å². The summed E-state index contributed by atoms with van der Waals surface area (Å²) in [5.74, 6) is -1.75. The first-order chi connectivity index (χ1) is 12.6. The van der Waals surface area contributed by atoms with E-state index in [0.29, 0.717) is 13.2 Å². The van der Waals surface area contributed by atoms with Gasteiger partial charge in [0.2, 0.25) is 0 Å². The van der Waals surface area contributed by atoms with Crippen molar-refractivity contribution in [3.05, 3.63) is 35.9 Å². The average molecular weight is 363 g/mol. The fraction of sp³-hybridized carbons (Fsp3) is 0.636. The van der Waals surface area contributed by atoms with E-state index in [-0.39, 0.29) is 17.9 Å². The number of esters is 2. The van der Waals surface area contributed by atoms with Crippen LogP contribution in [0.1, 0.15) is 71.3 Å². The molecule has 0 aliphatic heterocycles. The number of carbonyl (C=O) groups is 2. The smallest absolute Gasteiger partial charge is 0.310 e. The monoisotopic (exact) mass is 362 g/mol. The van der Waals surface area contributed by atoms with E-state index in [1.165, 1.54) is 0 Å². The van der Waals surface area contributed by atoms with Crippen molar-refractivity contribution in [2.45, 2.75) is 65.7 Å². The van der Waals surface area contributed by atoms with Crippen LogP contribution in [0.5, 0.6) is 0 Å². The zero-order chi connectivity index (χ0) is 19.4. The molecular weight excluding hydrogens is 328 g/mol. The molecule has 0 aromatic heterocycles. The van der Waals surface area contributed by atoms with E-state index in [2.05, 4.69) is 6.92 Å². The lowest BCUT2D eigenvalue weighted by molar-refractivity contribution is -0.161. The normalized spacial score (nSPS) is 14.3. The van der Waals surface area contributed by atoms with E-state index in [4.69, 9.17) is 9.47 Å². The molecule has 3 unspecified atom stereocenters. The van der Waals surface area contributed by atoms with Crippen molar-refractivity contribution >= 4 is 11.9 Å². The number of unbranched alkanes of at least 4 members (excludes halogenated alkanes) is 2. The highest BCUT2D eigenvalue weighted by Crippen LogP contribution is 2.35. The van der Waals surface area contributed by atoms with Gasteiger partial charge in [-0.3, -0.25) is 9.59 Å². The van der Waals surface area contributed by atoms with Crippen LogP contribution < -0.4 is 0 Å². The van der Waals surface area contributed by atoms with Crippen LogP contribution in [0.15, 0.2) is 30.3 Å². The molecule has 1 rings (SSSR count). The van der Waals surface area contributed by atoms with Crippen LogP contribution in [0.25, 0.3) is 0 Å². The van der Waals surface area contributed by atoms with E-state index >= 15 is 0 Å². The molecule has 4 nitrogen and oxygen atoms in total. The molecule has 0 saturated heterocycles. The minimum atomic E-state index is -0.536. The molecule has 0 aliphatic carbocycles. The summed E-state index contributed by atoms with van der Waals surface area (Å²) in [6, 6.07) is 9.89. The maximum Gasteiger partial charge on any atom is 0.310 e. The van der Waals surface area contributed by atoms with Crippen molar-refractivity contribution in [3.63, 3.8) is 0 Å². The maximum absolute atomic E-state index is 12.8. The molecule has 0 saturated carbocycles. The summed E-state index contributed by atoms with van der Waals surface area (Å²) in [4.78, 5) is 25.4. The van der Waals surface area contributed by atoms with Gasteiger partial charge in [-0.25, -0.2) is 0 Å². The van der Waals surface area contributed by atoms with Crippen LogP contribution in [0.4, 0.5) is 0 Å². The van der Waals surface area contributed by atoms with Gasteiger partial charge in [0.15, 0.2) is 0 Å². The van der Waals surface area contributed by atoms with E-state index in [0.717, 1.165) is 37.7 Å². The SMILES string of the molecule is CCCCOC(=O)C(C)C(C(=O)OCCCC)C(CC)c1ccccc1. The van der Waals surface area contributed by atoms with Gasteiger partial charge in [-0.15, -0.1) is 0 Å². The Labute approximate surface area is 158 Å². The van der Waals surface area contributed by atoms with Crippen LogP contribution in [0, 0.1) is 11.8 Å². The minimum Gasteiger partial charge on any atom is -0.465 e. The molecule has 0 radical (unpaired) electrons. The quantitative estimate of drug-likeness (QED) is 0.382. The van der Waals surface area contributed by atoms with Crippen molar-refractivity contribution in [3.8, 4) is 0 Å². The van der Waals surface area contributed by atoms with Crippen molar-refractivity contribution in [1.82, 2.24) is 0 Å². The van der Waals surface area contributed by atoms with Crippen molar-refractivity contribution in [2.75, 3.05) is 13.2 Å². The van der Waals surface area contributed by atoms with Crippen LogP contribution in [0.3, 0.4) is 0 Å². The van der Waals surface area contributed by atoms with Gasteiger partial charge >= 0.3 is 11.9 Å². The molecule has 4 heteroatoms. The number of rotatable bonds is 12. The second kappa shape index (κ2) is 12.5. The molecule has 1 aromatic carbocycles. The largest absolute Gasteiger partial charge is 0.465 e. The highest BCUT2D eigenvalue weighted by atomic mass is 16.5. The fourth-order valence-electron chi connectivity index (χ4n) is 3.12.